The number of aromatic nitrogens is 2. The number of nitrogens with zero attached hydrogens (tertiary/aromatic N) is 3. The molecule has 1 rings (SSSR count). The standard InChI is InChI=1S/C13H18Cl3N7OS/c1-9-10(23-8-22-9)6-25-5-4-20-12(21-7-17)19-3-2-18-11(24)13(14,15)16/h8H,2-6H2,1H3,(H,18,24)(H,22,23)(H2,19,20,21). The normalized spacial score (nSPS) is 11.7. The molecular weight excluding hydrogens is 409 g/mol. The highest BCUT2D eigenvalue weighted by Gasteiger charge is 2.29. The van der Waals surface area contributed by atoms with Gasteiger partial charge in [0.25, 0.3) is 9.70 Å². The lowest BCUT2D eigenvalue weighted by Gasteiger charge is -2.12. The maximum absolute atomic E-state index is 11.4. The van der Waals surface area contributed by atoms with Gasteiger partial charge >= 0.3 is 0 Å². The number of guanidine groups is 1. The number of aryl methyl sites for hydroxylation is 1. The summed E-state index contributed by atoms with van der Waals surface area (Å²) in [6, 6.07) is 0. The van der Waals surface area contributed by atoms with Crippen molar-refractivity contribution in [2.45, 2.75) is 16.5 Å². The van der Waals surface area contributed by atoms with Crippen molar-refractivity contribution in [1.82, 2.24) is 25.9 Å². The summed E-state index contributed by atoms with van der Waals surface area (Å²) in [5.41, 5.74) is 2.08. The van der Waals surface area contributed by atoms with Crippen LogP contribution < -0.4 is 16.0 Å². The van der Waals surface area contributed by atoms with E-state index in [-0.39, 0.29) is 6.54 Å². The van der Waals surface area contributed by atoms with Gasteiger partial charge in [-0.3, -0.25) is 15.1 Å². The average Bonchev–Trinajstić information content (AvgIpc) is 2.95. The van der Waals surface area contributed by atoms with E-state index in [2.05, 4.69) is 30.9 Å². The summed E-state index contributed by atoms with van der Waals surface area (Å²) in [4.78, 5) is 22.9. The summed E-state index contributed by atoms with van der Waals surface area (Å²) in [6.07, 6.45) is 3.47. The number of hydrogen-bond donors (Lipinski definition) is 4. The van der Waals surface area contributed by atoms with Crippen molar-refractivity contribution in [3.05, 3.63) is 17.7 Å². The van der Waals surface area contributed by atoms with Crippen LogP contribution in [0.15, 0.2) is 11.3 Å². The van der Waals surface area contributed by atoms with E-state index in [1.807, 2.05) is 6.92 Å². The van der Waals surface area contributed by atoms with E-state index in [1.165, 1.54) is 0 Å². The quantitative estimate of drug-likeness (QED) is 0.125. The molecule has 8 nitrogen and oxygen atoms in total. The van der Waals surface area contributed by atoms with Gasteiger partial charge in [0, 0.05) is 30.3 Å². The Morgan fingerprint density at radius 2 is 2.16 bits per heavy atom. The summed E-state index contributed by atoms with van der Waals surface area (Å²) >= 11 is 18.0. The van der Waals surface area contributed by atoms with Gasteiger partial charge in [-0.2, -0.15) is 17.0 Å². The van der Waals surface area contributed by atoms with Crippen LogP contribution in [0.3, 0.4) is 0 Å². The maximum Gasteiger partial charge on any atom is 0.272 e. The molecule has 0 aliphatic carbocycles. The van der Waals surface area contributed by atoms with Crippen LogP contribution in [-0.4, -0.2) is 51.0 Å². The molecule has 0 bridgehead atoms. The molecule has 1 aromatic rings. The van der Waals surface area contributed by atoms with E-state index >= 15 is 0 Å². The minimum Gasteiger partial charge on any atom is -0.354 e. The molecule has 25 heavy (non-hydrogen) atoms. The molecule has 138 valence electrons. The molecule has 0 aromatic carbocycles. The zero-order chi connectivity index (χ0) is 18.7. The Morgan fingerprint density at radius 1 is 1.44 bits per heavy atom. The smallest absolute Gasteiger partial charge is 0.272 e. The molecule has 0 radical (unpaired) electrons. The highest BCUT2D eigenvalue weighted by Crippen LogP contribution is 2.25. The van der Waals surface area contributed by atoms with Crippen molar-refractivity contribution in [1.29, 1.82) is 5.26 Å². The second-order valence-electron chi connectivity index (χ2n) is 4.67. The molecule has 0 fully saturated rings. The van der Waals surface area contributed by atoms with Crippen LogP contribution in [0.1, 0.15) is 11.4 Å². The van der Waals surface area contributed by atoms with E-state index in [0.717, 1.165) is 22.9 Å². The molecule has 4 N–H and O–H groups in total. The highest BCUT2D eigenvalue weighted by molar-refractivity contribution is 7.98. The summed E-state index contributed by atoms with van der Waals surface area (Å²) in [6.45, 7) is 3.03. The first kappa shape index (κ1) is 21.7. The first-order chi connectivity index (χ1) is 11.8. The van der Waals surface area contributed by atoms with E-state index in [9.17, 15) is 4.79 Å². The number of aromatic amines is 1. The fourth-order valence-corrected chi connectivity index (χ4v) is 2.62. The van der Waals surface area contributed by atoms with Gasteiger partial charge in [-0.1, -0.05) is 34.8 Å². The fourth-order valence-electron chi connectivity index (χ4n) is 1.57. The number of nitrogens with one attached hydrogen (secondary N) is 4. The third-order valence-corrected chi connectivity index (χ3v) is 4.28. The summed E-state index contributed by atoms with van der Waals surface area (Å²) in [5, 5.41) is 16.5. The first-order valence-electron chi connectivity index (χ1n) is 7.19. The second-order valence-corrected chi connectivity index (χ2v) is 8.06. The Bertz CT molecular complexity index is 624. The van der Waals surface area contributed by atoms with Crippen LogP contribution in [0, 0.1) is 18.4 Å². The van der Waals surface area contributed by atoms with Gasteiger partial charge < -0.3 is 15.6 Å². The number of H-pyrrole nitrogens is 1. The number of halogens is 3. The van der Waals surface area contributed by atoms with Crippen molar-refractivity contribution in [3.63, 3.8) is 0 Å². The molecule has 0 saturated heterocycles. The van der Waals surface area contributed by atoms with Crippen molar-refractivity contribution in [2.24, 2.45) is 4.99 Å². The van der Waals surface area contributed by atoms with Crippen molar-refractivity contribution in [2.75, 3.05) is 25.4 Å². The fraction of sp³-hybridized carbons (Fsp3) is 0.538. The lowest BCUT2D eigenvalue weighted by Crippen LogP contribution is -2.42. The van der Waals surface area contributed by atoms with Gasteiger partial charge in [0.1, 0.15) is 0 Å². The lowest BCUT2D eigenvalue weighted by molar-refractivity contribution is -0.120. The molecule has 0 unspecified atom stereocenters. The number of rotatable bonds is 8. The average molecular weight is 427 g/mol. The van der Waals surface area contributed by atoms with Gasteiger partial charge in [-0.05, 0) is 6.92 Å². The third-order valence-electron chi connectivity index (χ3n) is 2.81. The van der Waals surface area contributed by atoms with Crippen LogP contribution >= 0.6 is 46.6 Å². The Kier molecular flexibility index (Phi) is 9.82. The van der Waals surface area contributed by atoms with E-state index in [0.29, 0.717) is 19.0 Å². The van der Waals surface area contributed by atoms with Gasteiger partial charge in [0.15, 0.2) is 6.19 Å². The summed E-state index contributed by atoms with van der Waals surface area (Å²) in [7, 11) is 0. The molecule has 1 amide bonds. The number of carbonyl (C=O) groups excluding carboxylic acids is 1. The van der Waals surface area contributed by atoms with Crippen LogP contribution in [-0.2, 0) is 10.5 Å². The van der Waals surface area contributed by atoms with Crippen LogP contribution in [0.5, 0.6) is 0 Å². The van der Waals surface area contributed by atoms with Crippen LogP contribution in [0.25, 0.3) is 0 Å². The van der Waals surface area contributed by atoms with E-state index < -0.39 is 9.70 Å². The minimum atomic E-state index is -1.99. The van der Waals surface area contributed by atoms with Crippen molar-refractivity contribution in [3.8, 4) is 6.19 Å². The van der Waals surface area contributed by atoms with E-state index in [1.54, 1.807) is 24.3 Å². The molecule has 1 heterocycles. The number of imidazole rings is 1. The van der Waals surface area contributed by atoms with Crippen LogP contribution in [0.2, 0.25) is 0 Å². The van der Waals surface area contributed by atoms with Gasteiger partial charge in [-0.25, -0.2) is 4.98 Å². The third kappa shape index (κ3) is 9.07. The second kappa shape index (κ2) is 11.3. The first-order valence-corrected chi connectivity index (χ1v) is 9.48. The molecule has 12 heteroatoms. The number of alkyl halides is 3. The lowest BCUT2D eigenvalue weighted by atomic mass is 10.4. The van der Waals surface area contributed by atoms with E-state index in [4.69, 9.17) is 40.1 Å². The van der Waals surface area contributed by atoms with Crippen molar-refractivity contribution < 1.29 is 4.79 Å². The van der Waals surface area contributed by atoms with Gasteiger partial charge in [-0.15, -0.1) is 0 Å². The summed E-state index contributed by atoms with van der Waals surface area (Å²) < 4.78 is -1.99. The number of amides is 1. The molecular formula is C13H18Cl3N7OS. The predicted octanol–water partition coefficient (Wildman–Crippen LogP) is 1.45. The number of aliphatic imine (C=N–C) groups is 1. The Morgan fingerprint density at radius 3 is 2.76 bits per heavy atom. The number of thioether (sulfide) groups is 1. The molecule has 0 aliphatic heterocycles. The summed E-state index contributed by atoms with van der Waals surface area (Å²) in [5.74, 6) is 1.18. The Balaban J connectivity index is 2.26. The zero-order valence-electron chi connectivity index (χ0n) is 13.4. The van der Waals surface area contributed by atoms with Crippen LogP contribution in [0.4, 0.5) is 0 Å². The monoisotopic (exact) mass is 425 g/mol. The number of carbonyl (C=O) groups is 1. The SMILES string of the molecule is Cc1[nH]cnc1CSCCN=C(NC#N)NCCNC(=O)C(Cl)(Cl)Cl. The molecule has 0 atom stereocenters. The molecule has 1 aromatic heterocycles. The molecule has 0 spiro atoms. The zero-order valence-corrected chi connectivity index (χ0v) is 16.5. The topological polar surface area (TPSA) is 118 Å². The number of nitriles is 1. The number of hydrogen-bond acceptors (Lipinski definition) is 5. The molecule has 0 aliphatic rings. The molecule has 0 saturated carbocycles. The highest BCUT2D eigenvalue weighted by atomic mass is 35.6. The maximum atomic E-state index is 11.4. The Labute approximate surface area is 165 Å². The minimum absolute atomic E-state index is 0.214. The largest absolute Gasteiger partial charge is 0.354 e. The van der Waals surface area contributed by atoms with Crippen molar-refractivity contribution >= 4 is 58.4 Å². The predicted molar refractivity (Wildman–Crippen MR) is 102 cm³/mol. The Hall–Kier alpha value is -1.34. The van der Waals surface area contributed by atoms with Gasteiger partial charge in [0.2, 0.25) is 5.96 Å². The van der Waals surface area contributed by atoms with Gasteiger partial charge in [0.05, 0.1) is 18.6 Å².